The van der Waals surface area contributed by atoms with Crippen molar-refractivity contribution in [3.8, 4) is 0 Å². The summed E-state index contributed by atoms with van der Waals surface area (Å²) >= 11 is 0. The van der Waals surface area contributed by atoms with Crippen LogP contribution in [0.5, 0.6) is 0 Å². The lowest BCUT2D eigenvalue weighted by Gasteiger charge is -2.13. The quantitative estimate of drug-likeness (QED) is 0.777. The summed E-state index contributed by atoms with van der Waals surface area (Å²) in [6.07, 6.45) is 2.99. The normalized spacial score (nSPS) is 12.2. The van der Waals surface area contributed by atoms with Gasteiger partial charge in [0.05, 0.1) is 6.42 Å². The first kappa shape index (κ1) is 14.7. The molecule has 1 amide bonds. The summed E-state index contributed by atoms with van der Waals surface area (Å²) in [7, 11) is 0. The molecule has 0 aromatic heterocycles. The summed E-state index contributed by atoms with van der Waals surface area (Å²) in [6, 6.07) is 8.28. The van der Waals surface area contributed by atoms with Crippen molar-refractivity contribution < 1.29 is 9.90 Å². The molecule has 2 N–H and O–H groups in total. The van der Waals surface area contributed by atoms with E-state index in [1.54, 1.807) is 0 Å². The lowest BCUT2D eigenvalue weighted by atomic mass is 10.1. The molecule has 1 rings (SSSR count). The lowest BCUT2D eigenvalue weighted by Crippen LogP contribution is -2.33. The zero-order chi connectivity index (χ0) is 13.4. The van der Waals surface area contributed by atoms with Gasteiger partial charge in [-0.1, -0.05) is 31.2 Å². The third-order valence-electron chi connectivity index (χ3n) is 3.00. The zero-order valence-corrected chi connectivity index (χ0v) is 11.3. The fourth-order valence-corrected chi connectivity index (χ4v) is 1.87. The van der Waals surface area contributed by atoms with Gasteiger partial charge in [0.2, 0.25) is 5.91 Å². The average molecular weight is 249 g/mol. The topological polar surface area (TPSA) is 49.3 Å². The number of carbonyl (C=O) groups excluding carboxylic acids is 1. The van der Waals surface area contributed by atoms with Crippen molar-refractivity contribution >= 4 is 5.91 Å². The second-order valence-corrected chi connectivity index (χ2v) is 4.68. The Labute approximate surface area is 109 Å². The SMILES string of the molecule is CCc1ccc(CC(=O)NC(C)CCCO)cc1. The predicted octanol–water partition coefficient (Wildman–Crippen LogP) is 2.07. The molecule has 0 heterocycles. The summed E-state index contributed by atoms with van der Waals surface area (Å²) in [5.41, 5.74) is 2.33. The fourth-order valence-electron chi connectivity index (χ4n) is 1.87. The van der Waals surface area contributed by atoms with E-state index < -0.39 is 0 Å². The van der Waals surface area contributed by atoms with E-state index in [9.17, 15) is 4.79 Å². The molecular weight excluding hydrogens is 226 g/mol. The van der Waals surface area contributed by atoms with Crippen LogP contribution in [-0.2, 0) is 17.6 Å². The van der Waals surface area contributed by atoms with E-state index in [0.717, 1.165) is 24.8 Å². The number of amides is 1. The number of benzene rings is 1. The minimum Gasteiger partial charge on any atom is -0.396 e. The largest absolute Gasteiger partial charge is 0.396 e. The highest BCUT2D eigenvalue weighted by Crippen LogP contribution is 2.06. The Balaban J connectivity index is 2.39. The molecular formula is C15H23NO2. The number of rotatable bonds is 7. The van der Waals surface area contributed by atoms with Gasteiger partial charge in [0.15, 0.2) is 0 Å². The van der Waals surface area contributed by atoms with E-state index >= 15 is 0 Å². The monoisotopic (exact) mass is 249 g/mol. The second kappa shape index (κ2) is 7.88. The molecule has 100 valence electrons. The van der Waals surface area contributed by atoms with Gasteiger partial charge in [-0.05, 0) is 37.3 Å². The highest BCUT2D eigenvalue weighted by Gasteiger charge is 2.07. The maximum Gasteiger partial charge on any atom is 0.224 e. The third kappa shape index (κ3) is 5.32. The first-order valence-electron chi connectivity index (χ1n) is 6.63. The van der Waals surface area contributed by atoms with Crippen molar-refractivity contribution in [3.05, 3.63) is 35.4 Å². The summed E-state index contributed by atoms with van der Waals surface area (Å²) in [4.78, 5) is 11.8. The summed E-state index contributed by atoms with van der Waals surface area (Å²) in [5.74, 6) is 0.0460. The summed E-state index contributed by atoms with van der Waals surface area (Å²) in [6.45, 7) is 4.26. The molecule has 0 radical (unpaired) electrons. The van der Waals surface area contributed by atoms with Crippen molar-refractivity contribution in [3.63, 3.8) is 0 Å². The minimum absolute atomic E-state index is 0.0460. The standard InChI is InChI=1S/C15H23NO2/c1-3-13-6-8-14(9-7-13)11-15(18)16-12(2)5-4-10-17/h6-9,12,17H,3-5,10-11H2,1-2H3,(H,16,18). The molecule has 18 heavy (non-hydrogen) atoms. The first-order valence-corrected chi connectivity index (χ1v) is 6.63. The zero-order valence-electron chi connectivity index (χ0n) is 11.3. The highest BCUT2D eigenvalue weighted by atomic mass is 16.2. The van der Waals surface area contributed by atoms with Gasteiger partial charge in [-0.25, -0.2) is 0 Å². The van der Waals surface area contributed by atoms with E-state index in [1.165, 1.54) is 5.56 Å². The molecule has 1 unspecified atom stereocenters. The van der Waals surface area contributed by atoms with E-state index in [0.29, 0.717) is 6.42 Å². The smallest absolute Gasteiger partial charge is 0.224 e. The molecule has 0 aliphatic carbocycles. The lowest BCUT2D eigenvalue weighted by molar-refractivity contribution is -0.121. The Bertz CT molecular complexity index is 359. The predicted molar refractivity (Wildman–Crippen MR) is 73.4 cm³/mol. The van der Waals surface area contributed by atoms with Crippen LogP contribution in [0.2, 0.25) is 0 Å². The molecule has 1 atom stereocenters. The summed E-state index contributed by atoms with van der Waals surface area (Å²) < 4.78 is 0. The first-order chi connectivity index (χ1) is 8.65. The van der Waals surface area contributed by atoms with Crippen LogP contribution in [-0.4, -0.2) is 23.7 Å². The van der Waals surface area contributed by atoms with Crippen molar-refractivity contribution in [2.24, 2.45) is 0 Å². The Kier molecular flexibility index (Phi) is 6.44. The van der Waals surface area contributed by atoms with Gasteiger partial charge in [0.1, 0.15) is 0 Å². The molecule has 0 saturated carbocycles. The number of aliphatic hydroxyl groups is 1. The maximum atomic E-state index is 11.8. The Morgan fingerprint density at radius 1 is 1.28 bits per heavy atom. The van der Waals surface area contributed by atoms with Crippen molar-refractivity contribution in [1.29, 1.82) is 0 Å². The fraction of sp³-hybridized carbons (Fsp3) is 0.533. The molecule has 0 aliphatic rings. The number of hydrogen-bond acceptors (Lipinski definition) is 2. The van der Waals surface area contributed by atoms with Gasteiger partial charge in [0.25, 0.3) is 0 Å². The van der Waals surface area contributed by atoms with Gasteiger partial charge < -0.3 is 10.4 Å². The van der Waals surface area contributed by atoms with Gasteiger partial charge in [-0.2, -0.15) is 0 Å². The molecule has 0 aliphatic heterocycles. The van der Waals surface area contributed by atoms with Crippen LogP contribution >= 0.6 is 0 Å². The van der Waals surface area contributed by atoms with Crippen LogP contribution in [0.15, 0.2) is 24.3 Å². The van der Waals surface area contributed by atoms with E-state index in [-0.39, 0.29) is 18.6 Å². The molecule has 0 fully saturated rings. The van der Waals surface area contributed by atoms with Crippen LogP contribution in [0.3, 0.4) is 0 Å². The van der Waals surface area contributed by atoms with Crippen molar-refractivity contribution in [1.82, 2.24) is 5.32 Å². The van der Waals surface area contributed by atoms with Crippen molar-refractivity contribution in [2.75, 3.05) is 6.61 Å². The third-order valence-corrected chi connectivity index (χ3v) is 3.00. The van der Waals surface area contributed by atoms with E-state index in [1.807, 2.05) is 19.1 Å². The van der Waals surface area contributed by atoms with E-state index in [2.05, 4.69) is 24.4 Å². The Hall–Kier alpha value is -1.35. The van der Waals surface area contributed by atoms with Gasteiger partial charge in [0, 0.05) is 12.6 Å². The summed E-state index contributed by atoms with van der Waals surface area (Å²) in [5, 5.41) is 11.7. The van der Waals surface area contributed by atoms with Gasteiger partial charge in [-0.3, -0.25) is 4.79 Å². The molecule has 0 saturated heterocycles. The van der Waals surface area contributed by atoms with Crippen LogP contribution < -0.4 is 5.32 Å². The van der Waals surface area contributed by atoms with Crippen LogP contribution in [0.4, 0.5) is 0 Å². The van der Waals surface area contributed by atoms with Crippen LogP contribution in [0.25, 0.3) is 0 Å². The maximum absolute atomic E-state index is 11.8. The number of aryl methyl sites for hydroxylation is 1. The average Bonchev–Trinajstić information content (AvgIpc) is 2.37. The highest BCUT2D eigenvalue weighted by molar-refractivity contribution is 5.78. The Morgan fingerprint density at radius 2 is 1.89 bits per heavy atom. The molecule has 1 aromatic carbocycles. The van der Waals surface area contributed by atoms with Gasteiger partial charge in [-0.15, -0.1) is 0 Å². The number of carbonyl (C=O) groups is 1. The molecule has 0 bridgehead atoms. The molecule has 3 nitrogen and oxygen atoms in total. The number of hydrogen-bond donors (Lipinski definition) is 2. The minimum atomic E-state index is 0.0460. The molecule has 1 aromatic rings. The molecule has 3 heteroatoms. The van der Waals surface area contributed by atoms with Gasteiger partial charge >= 0.3 is 0 Å². The Morgan fingerprint density at radius 3 is 2.44 bits per heavy atom. The second-order valence-electron chi connectivity index (χ2n) is 4.68. The van der Waals surface area contributed by atoms with Crippen LogP contribution in [0.1, 0.15) is 37.8 Å². The molecule has 0 spiro atoms. The van der Waals surface area contributed by atoms with Crippen LogP contribution in [0, 0.1) is 0 Å². The van der Waals surface area contributed by atoms with E-state index in [4.69, 9.17) is 5.11 Å². The number of aliphatic hydroxyl groups excluding tert-OH is 1. The number of nitrogens with one attached hydrogen (secondary N) is 1. The van der Waals surface area contributed by atoms with Crippen molar-refractivity contribution in [2.45, 2.75) is 45.6 Å².